The third kappa shape index (κ3) is 16.4. The van der Waals surface area contributed by atoms with Gasteiger partial charge in [-0.25, -0.2) is 9.59 Å². The number of methoxy groups -OCH3 is 2. The van der Waals surface area contributed by atoms with E-state index in [4.69, 9.17) is 44.8 Å². The number of anilines is 1. The smallest absolute Gasteiger partial charge is 0.409 e. The topological polar surface area (TPSA) is 324 Å². The molecule has 10 amide bonds. The lowest BCUT2D eigenvalue weighted by Gasteiger charge is -2.43. The zero-order chi connectivity index (χ0) is 70.7. The van der Waals surface area contributed by atoms with Crippen molar-refractivity contribution in [1.82, 2.24) is 29.8 Å². The maximum atomic E-state index is 14.4. The van der Waals surface area contributed by atoms with Crippen molar-refractivity contribution in [3.05, 3.63) is 46.5 Å². The Morgan fingerprint density at radius 2 is 1.46 bits per heavy atom. The van der Waals surface area contributed by atoms with E-state index in [1.54, 1.807) is 38.1 Å². The molecule has 8 fully saturated rings. The number of thioether (sulfide) groups is 5. The zero-order valence-corrected chi connectivity index (χ0v) is 60.7. The number of hydrogen-bond acceptors (Lipinski definition) is 25. The number of benzene rings is 1. The quantitative estimate of drug-likeness (QED) is 0.0640. The first-order chi connectivity index (χ1) is 46.7. The van der Waals surface area contributed by atoms with Gasteiger partial charge in [0, 0.05) is 101 Å². The molecule has 10 rings (SSSR count). The number of likely N-dealkylation sites (tertiary alicyclic amines) is 4. The molecule has 27 nitrogen and oxygen atoms in total. The van der Waals surface area contributed by atoms with Gasteiger partial charge in [0.2, 0.25) is 53.2 Å². The van der Waals surface area contributed by atoms with E-state index in [9.17, 15) is 62.6 Å². The number of rotatable bonds is 24. The summed E-state index contributed by atoms with van der Waals surface area (Å²) in [5, 5.41) is 13.0. The number of epoxide rings is 1. The molecule has 33 heteroatoms. The summed E-state index contributed by atoms with van der Waals surface area (Å²) < 4.78 is 40.8. The average molecular weight is 1480 g/mol. The van der Waals surface area contributed by atoms with Crippen LogP contribution in [0.2, 0.25) is 5.02 Å². The van der Waals surface area contributed by atoms with Crippen molar-refractivity contribution in [3.63, 3.8) is 0 Å². The number of Topliss-reactive ketones (excluding diaryl/α,β-unsaturated/α-hetero) is 1. The van der Waals surface area contributed by atoms with E-state index >= 15 is 0 Å². The maximum absolute atomic E-state index is 14.4. The first-order valence-electron chi connectivity index (χ1n) is 32.6. The molecule has 0 saturated carbocycles. The van der Waals surface area contributed by atoms with E-state index in [-0.39, 0.29) is 137 Å². The number of esters is 1. The first-order valence-corrected chi connectivity index (χ1v) is 38.3. The summed E-state index contributed by atoms with van der Waals surface area (Å²) in [7, 11) is 5.82. The van der Waals surface area contributed by atoms with Gasteiger partial charge in [0.15, 0.2) is 5.72 Å². The van der Waals surface area contributed by atoms with Crippen molar-refractivity contribution >= 4 is 147 Å². The number of imide groups is 3. The highest BCUT2D eigenvalue weighted by atomic mass is 35.5. The van der Waals surface area contributed by atoms with Crippen molar-refractivity contribution in [2.75, 3.05) is 95.2 Å². The van der Waals surface area contributed by atoms with Crippen LogP contribution in [-0.2, 0) is 87.6 Å². The van der Waals surface area contributed by atoms with Gasteiger partial charge in [0.25, 0.3) is 0 Å². The number of ketones is 1. The SMILES string of the molecule is COc1cc2cc(c1Cl)N(C)C(=O)C[C@H](OC(=O)[C@H](C)N(C)C(=O)CCSC1CC(=O)N(CCOCCOCCCC(=O)CCC(=O)N3C[C@H](N4C(=O)C5SCSC5C4=O)C[C@H](N4C(=O)C5SCSC5C4=O)C3)C1=O)[C@@]1(C)O[C@H]1[C@H](C)[C@@H]1C[C@@](O)(NC(=O)O1)[C@H](OC)/C=C/C=C(\C)C2. The van der Waals surface area contributed by atoms with Crippen molar-refractivity contribution < 1.29 is 95.8 Å². The fourth-order valence-electron chi connectivity index (χ4n) is 13.7. The van der Waals surface area contributed by atoms with Crippen LogP contribution in [-0.4, -0.2) is 271 Å². The van der Waals surface area contributed by atoms with E-state index in [2.05, 4.69) is 5.32 Å². The number of hydrogen-bond donors (Lipinski definition) is 2. The van der Waals surface area contributed by atoms with Crippen LogP contribution in [0.4, 0.5) is 10.5 Å². The number of nitrogens with zero attached hydrogens (tertiary/aromatic N) is 6. The molecule has 8 saturated heterocycles. The van der Waals surface area contributed by atoms with Crippen molar-refractivity contribution in [3.8, 4) is 5.75 Å². The van der Waals surface area contributed by atoms with Gasteiger partial charge in [-0.1, -0.05) is 42.3 Å². The van der Waals surface area contributed by atoms with Crippen LogP contribution in [0.3, 0.4) is 0 Å². The fourth-order valence-corrected chi connectivity index (χ4v) is 21.2. The summed E-state index contributed by atoms with van der Waals surface area (Å²) in [6, 6.07) is 0.882. The third-order valence-corrected chi connectivity index (χ3v) is 27.0. The largest absolute Gasteiger partial charge is 0.495 e. The van der Waals surface area contributed by atoms with Gasteiger partial charge in [0.1, 0.15) is 67.5 Å². The third-order valence-electron chi connectivity index (χ3n) is 19.5. The number of allylic oxidation sites excluding steroid dienone is 3. The number of carbonyl (C=O) groups excluding carboxylic acids is 12. The molecule has 1 aromatic rings. The molecule has 0 spiro atoms. The number of piperidine rings is 1. The van der Waals surface area contributed by atoms with Gasteiger partial charge in [0.05, 0.1) is 69.0 Å². The highest BCUT2D eigenvalue weighted by Crippen LogP contribution is 2.50. The molecule has 4 bridgehead atoms. The minimum Gasteiger partial charge on any atom is -0.495 e. The highest BCUT2D eigenvalue weighted by molar-refractivity contribution is 8.21. The second-order valence-electron chi connectivity index (χ2n) is 26.0. The molecule has 0 aromatic heterocycles. The Kier molecular flexibility index (Phi) is 24.8. The van der Waals surface area contributed by atoms with E-state index in [0.717, 1.165) is 27.8 Å². The Morgan fingerprint density at radius 3 is 2.07 bits per heavy atom. The second kappa shape index (κ2) is 32.3. The standard InChI is InChI=1S/C65H84ClN7O20S5/c1-34-11-9-13-45(88-8)65(86)29-43(91-63(85)67-65)35(2)56-64(4,93-56)46(28-49(77)69(6)41-24-37(23-34)25-42(87-7)51(41)66)92-62(84)36(3)68(5)47(75)16-22-94-44-27-50(78)71(57(44)79)17-19-90-21-20-89-18-10-12-40(74)14-15-48(76)70-30-38(72-58(80)52-53(59(72)81)96-32-95-52)26-39(31-70)73-60(82)54-55(61(73)83)98-33-97-54/h9,11,13,24-25,35-36,38-39,43-46,52-56,86H,10,12,14-23,26-33H2,1-8H3,(H,67,85)/b13-9+,34-11+/t35-,36+,38-,39+,43+,44?,45-,46+,52?,53?,54?,55?,56+,64-,65+/m1/s1. The summed E-state index contributed by atoms with van der Waals surface area (Å²) in [6.45, 7) is 7.42. The Morgan fingerprint density at radius 1 is 0.837 bits per heavy atom. The fraction of sp³-hybridized carbons (Fsp3) is 0.662. The molecule has 9 heterocycles. The molecule has 9 aliphatic rings. The van der Waals surface area contributed by atoms with Crippen LogP contribution >= 0.6 is 70.4 Å². The van der Waals surface area contributed by atoms with Gasteiger partial charge in [-0.3, -0.25) is 68.0 Å². The molecule has 9 aliphatic heterocycles. The lowest BCUT2D eigenvalue weighted by atomic mass is 9.83. The number of fused-ring (bicyclic) bond motifs is 7. The minimum absolute atomic E-state index is 0.00910. The van der Waals surface area contributed by atoms with Gasteiger partial charge in [-0.2, -0.15) is 0 Å². The Hall–Kier alpha value is -5.42. The summed E-state index contributed by atoms with van der Waals surface area (Å²) in [6.07, 6.45) is 0.456. The molecule has 98 heavy (non-hydrogen) atoms. The molecule has 0 aliphatic carbocycles. The predicted octanol–water partition coefficient (Wildman–Crippen LogP) is 3.98. The van der Waals surface area contributed by atoms with E-state index in [1.807, 2.05) is 13.0 Å². The van der Waals surface area contributed by atoms with Crippen LogP contribution in [0.1, 0.15) is 91.0 Å². The van der Waals surface area contributed by atoms with Crippen LogP contribution in [0.25, 0.3) is 0 Å². The van der Waals surface area contributed by atoms with Crippen LogP contribution in [0, 0.1) is 5.92 Å². The molecule has 15 atom stereocenters. The second-order valence-corrected chi connectivity index (χ2v) is 32.9. The number of likely N-dealkylation sites (N-methyl/N-ethyl adjacent to an activating group) is 1. The summed E-state index contributed by atoms with van der Waals surface area (Å²) in [5.74, 6) is -4.64. The van der Waals surface area contributed by atoms with Crippen LogP contribution in [0.15, 0.2) is 35.9 Å². The van der Waals surface area contributed by atoms with Crippen molar-refractivity contribution in [1.29, 1.82) is 0 Å². The Labute approximate surface area is 594 Å². The van der Waals surface area contributed by atoms with E-state index in [0.29, 0.717) is 34.4 Å². The van der Waals surface area contributed by atoms with E-state index < -0.39 is 128 Å². The van der Waals surface area contributed by atoms with Gasteiger partial charge in [-0.05, 0) is 57.7 Å². The minimum atomic E-state index is -1.90. The maximum Gasteiger partial charge on any atom is 0.409 e. The van der Waals surface area contributed by atoms with Gasteiger partial charge >= 0.3 is 12.1 Å². The molecular formula is C65H84ClN7O20S5. The van der Waals surface area contributed by atoms with Gasteiger partial charge in [-0.15, -0.1) is 58.8 Å². The number of amides is 10. The summed E-state index contributed by atoms with van der Waals surface area (Å²) >= 11 is 13.6. The summed E-state index contributed by atoms with van der Waals surface area (Å²) in [4.78, 5) is 170. The normalized spacial score (nSPS) is 32.3. The molecule has 2 N–H and O–H groups in total. The lowest BCUT2D eigenvalue weighted by Crippen LogP contribution is -2.63. The van der Waals surface area contributed by atoms with Crippen LogP contribution in [0.5, 0.6) is 5.75 Å². The Bertz CT molecular complexity index is 3290. The van der Waals surface area contributed by atoms with Crippen molar-refractivity contribution in [2.45, 2.75) is 172 Å². The number of carbonyl (C=O) groups is 12. The molecule has 536 valence electrons. The number of aliphatic hydroxyl groups is 1. The van der Waals surface area contributed by atoms with E-state index in [1.165, 1.54) is 107 Å². The first kappa shape index (κ1) is 75.2. The predicted molar refractivity (Wildman–Crippen MR) is 366 cm³/mol. The average Bonchev–Trinajstić information content (AvgIpc) is 1.57. The highest BCUT2D eigenvalue weighted by Gasteiger charge is 2.65. The lowest BCUT2D eigenvalue weighted by molar-refractivity contribution is -0.162. The zero-order valence-electron chi connectivity index (χ0n) is 55.8. The molecule has 0 radical (unpaired) electrons. The molecule has 1 aromatic carbocycles. The summed E-state index contributed by atoms with van der Waals surface area (Å²) in [5.41, 5.74) is -1.29. The Balaban J connectivity index is 0.644. The number of halogens is 1. The number of ether oxygens (including phenoxy) is 7. The van der Waals surface area contributed by atoms with Gasteiger partial charge < -0.3 is 53.0 Å². The van der Waals surface area contributed by atoms with Crippen LogP contribution < -0.4 is 15.0 Å². The number of nitrogens with one attached hydrogen (secondary N) is 1. The van der Waals surface area contributed by atoms with Crippen molar-refractivity contribution in [2.24, 2.45) is 5.92 Å². The molecular weight excluding hydrogens is 1390 g/mol. The number of alkyl carbamates (subject to hydrolysis) is 1. The molecule has 5 unspecified atom stereocenters. The monoisotopic (exact) mass is 1480 g/mol.